The first-order valence-corrected chi connectivity index (χ1v) is 18.3. The van der Waals surface area contributed by atoms with Gasteiger partial charge in [-0.15, -0.1) is 0 Å². The van der Waals surface area contributed by atoms with Crippen molar-refractivity contribution in [2.75, 3.05) is 13.2 Å². The Morgan fingerprint density at radius 2 is 1.43 bits per heavy atom. The van der Waals surface area contributed by atoms with Gasteiger partial charge in [-0.1, -0.05) is 51.4 Å². The van der Waals surface area contributed by atoms with E-state index in [9.17, 15) is 19.5 Å². The molecule has 0 unspecified atom stereocenters. The van der Waals surface area contributed by atoms with Gasteiger partial charge < -0.3 is 19.1 Å². The molecule has 0 saturated carbocycles. The molecule has 0 radical (unpaired) electrons. The summed E-state index contributed by atoms with van der Waals surface area (Å²) in [7, 11) is -7.67. The van der Waals surface area contributed by atoms with Gasteiger partial charge in [-0.25, -0.2) is 4.57 Å². The first kappa shape index (κ1) is 25.5. The molecule has 162 valence electrons. The van der Waals surface area contributed by atoms with E-state index in [1.807, 2.05) is 0 Å². The normalized spacial score (nSPS) is 13.6. The molecule has 0 aliphatic rings. The summed E-state index contributed by atoms with van der Waals surface area (Å²) >= 11 is 0. The zero-order chi connectivity index (χ0) is 21.8. The zero-order valence-electron chi connectivity index (χ0n) is 18.0. The lowest BCUT2D eigenvalue weighted by molar-refractivity contribution is -0.370. The van der Waals surface area contributed by atoms with E-state index < -0.39 is 29.9 Å². The molecule has 28 heavy (non-hydrogen) atoms. The molecule has 0 aliphatic heterocycles. The number of ether oxygens (including phenoxy) is 2. The maximum Gasteiger partial charge on any atom is 0.524 e. The lowest BCUT2D eigenvalue weighted by atomic mass is 10.1. The van der Waals surface area contributed by atoms with Crippen LogP contribution < -0.4 is 4.52 Å². The number of phosphoric acid groups is 1. The van der Waals surface area contributed by atoms with Gasteiger partial charge in [0.25, 0.3) is 0 Å². The highest BCUT2D eigenvalue weighted by atomic mass is 31.2. The van der Waals surface area contributed by atoms with Gasteiger partial charge in [0, 0.05) is 16.1 Å². The van der Waals surface area contributed by atoms with Crippen molar-refractivity contribution < 1.29 is 33.5 Å². The Labute approximate surface area is 170 Å². The molecular formula is C18H35O7PSi2. The molecule has 0 aliphatic carbocycles. The monoisotopic (exact) mass is 450 g/mol. The molecule has 1 rings (SSSR count). The van der Waals surface area contributed by atoms with E-state index >= 15 is 0 Å². The molecule has 10 heteroatoms. The molecule has 0 bridgehead atoms. The lowest BCUT2D eigenvalue weighted by Gasteiger charge is -2.32. The Hall–Kier alpha value is -0.516. The molecule has 1 aromatic carbocycles. The molecule has 0 atom stereocenters. The Bertz CT molecular complexity index is 672. The highest BCUT2D eigenvalue weighted by Gasteiger charge is 2.38. The van der Waals surface area contributed by atoms with Crippen molar-refractivity contribution in [3.63, 3.8) is 0 Å². The topological polar surface area (TPSA) is 105 Å². The van der Waals surface area contributed by atoms with E-state index in [4.69, 9.17) is 14.0 Å². The van der Waals surface area contributed by atoms with E-state index in [2.05, 4.69) is 39.3 Å². The number of rotatable bonds is 11. The Kier molecular flexibility index (Phi) is 8.69. The van der Waals surface area contributed by atoms with Gasteiger partial charge in [-0.2, -0.15) is 0 Å². The fraction of sp³-hybridized carbons (Fsp3) is 0.667. The van der Waals surface area contributed by atoms with Crippen molar-refractivity contribution in [3.05, 3.63) is 29.3 Å². The lowest BCUT2D eigenvalue weighted by Crippen LogP contribution is -2.37. The van der Waals surface area contributed by atoms with Crippen molar-refractivity contribution in [1.29, 1.82) is 0 Å². The SMILES string of the molecule is Cc1cccc(C(O)(OCC[Si](C)(C)C)OCC[Si](C)(C)C)c1OP(=O)(O)O. The predicted octanol–water partition coefficient (Wildman–Crippen LogP) is 4.28. The number of aliphatic hydroxyl groups is 1. The van der Waals surface area contributed by atoms with Gasteiger partial charge in [0.1, 0.15) is 5.75 Å². The second-order valence-corrected chi connectivity index (χ2v) is 21.8. The Morgan fingerprint density at radius 3 is 1.82 bits per heavy atom. The van der Waals surface area contributed by atoms with Gasteiger partial charge in [-0.3, -0.25) is 9.79 Å². The standard InChI is InChI=1S/C18H35O7PSi2/c1-15-9-8-10-16(17(15)25-26(20,21)22)18(19,23-11-13-27(2,3)4)24-12-14-28(5,6)7/h8-10,19H,11-14H2,1-7H3,(H2,20,21,22). The molecule has 0 saturated heterocycles. The summed E-state index contributed by atoms with van der Waals surface area (Å²) in [5, 5.41) is 11.2. The van der Waals surface area contributed by atoms with Crippen LogP contribution in [0.2, 0.25) is 51.4 Å². The minimum absolute atomic E-state index is 0.0574. The summed E-state index contributed by atoms with van der Waals surface area (Å²) < 4.78 is 27.8. The predicted molar refractivity (Wildman–Crippen MR) is 116 cm³/mol. The van der Waals surface area contributed by atoms with Crippen molar-refractivity contribution in [3.8, 4) is 5.75 Å². The summed E-state index contributed by atoms with van der Waals surface area (Å²) in [6.07, 6.45) is 0. The molecule has 3 N–H and O–H groups in total. The maximum absolute atomic E-state index is 11.4. The molecule has 0 spiro atoms. The first-order chi connectivity index (χ1) is 12.5. The Morgan fingerprint density at radius 1 is 0.964 bits per heavy atom. The van der Waals surface area contributed by atoms with Crippen LogP contribution in [0.15, 0.2) is 18.2 Å². The maximum atomic E-state index is 11.4. The zero-order valence-corrected chi connectivity index (χ0v) is 20.9. The smallest absolute Gasteiger partial charge is 0.403 e. The third-order valence-electron chi connectivity index (χ3n) is 4.06. The third-order valence-corrected chi connectivity index (χ3v) is 7.89. The number of aryl methyl sites for hydroxylation is 1. The van der Waals surface area contributed by atoms with E-state index in [-0.39, 0.29) is 24.5 Å². The number of benzene rings is 1. The van der Waals surface area contributed by atoms with Crippen LogP contribution in [0.4, 0.5) is 0 Å². The van der Waals surface area contributed by atoms with Crippen LogP contribution in [0.1, 0.15) is 11.1 Å². The average Bonchev–Trinajstić information content (AvgIpc) is 2.45. The first-order valence-electron chi connectivity index (χ1n) is 9.38. The van der Waals surface area contributed by atoms with Crippen molar-refractivity contribution in [2.24, 2.45) is 0 Å². The second-order valence-electron chi connectivity index (χ2n) is 9.43. The number of para-hydroxylation sites is 1. The van der Waals surface area contributed by atoms with Crippen molar-refractivity contribution >= 4 is 24.0 Å². The van der Waals surface area contributed by atoms with Crippen LogP contribution in [-0.2, 0) is 20.0 Å². The van der Waals surface area contributed by atoms with Gasteiger partial charge in [-0.05, 0) is 30.6 Å². The molecule has 0 heterocycles. The van der Waals surface area contributed by atoms with E-state index in [1.165, 1.54) is 6.07 Å². The fourth-order valence-corrected chi connectivity index (χ4v) is 4.24. The Balaban J connectivity index is 3.22. The number of hydrogen-bond acceptors (Lipinski definition) is 5. The van der Waals surface area contributed by atoms with Gasteiger partial charge >= 0.3 is 13.8 Å². The van der Waals surface area contributed by atoms with E-state index in [1.54, 1.807) is 19.1 Å². The largest absolute Gasteiger partial charge is 0.524 e. The van der Waals surface area contributed by atoms with Crippen LogP contribution >= 0.6 is 7.82 Å². The highest BCUT2D eigenvalue weighted by Crippen LogP contribution is 2.44. The third kappa shape index (κ3) is 9.32. The van der Waals surface area contributed by atoms with E-state index in [0.29, 0.717) is 5.56 Å². The van der Waals surface area contributed by atoms with Crippen molar-refractivity contribution in [1.82, 2.24) is 0 Å². The summed E-state index contributed by atoms with van der Waals surface area (Å²) in [6.45, 7) is 15.3. The molecule has 0 fully saturated rings. The summed E-state index contributed by atoms with van der Waals surface area (Å²) in [6, 6.07) is 6.40. The number of phosphoric ester groups is 1. The van der Waals surface area contributed by atoms with E-state index in [0.717, 1.165) is 12.1 Å². The quantitative estimate of drug-likeness (QED) is 0.262. The molecule has 0 amide bonds. The molecular weight excluding hydrogens is 415 g/mol. The van der Waals surface area contributed by atoms with Gasteiger partial charge in [0.05, 0.1) is 18.8 Å². The average molecular weight is 451 g/mol. The molecule has 7 nitrogen and oxygen atoms in total. The van der Waals surface area contributed by atoms with Crippen LogP contribution in [0.5, 0.6) is 5.75 Å². The van der Waals surface area contributed by atoms with Crippen LogP contribution in [0.3, 0.4) is 0 Å². The van der Waals surface area contributed by atoms with Crippen LogP contribution in [0.25, 0.3) is 0 Å². The van der Waals surface area contributed by atoms with Crippen LogP contribution in [-0.4, -0.2) is 44.3 Å². The minimum Gasteiger partial charge on any atom is -0.403 e. The minimum atomic E-state index is -4.82. The highest BCUT2D eigenvalue weighted by molar-refractivity contribution is 7.46. The van der Waals surface area contributed by atoms with Crippen LogP contribution in [0, 0.1) is 6.92 Å². The summed E-state index contributed by atoms with van der Waals surface area (Å²) in [5.74, 6) is -2.27. The van der Waals surface area contributed by atoms with Crippen molar-refractivity contribution in [2.45, 2.75) is 64.3 Å². The summed E-state index contributed by atoms with van der Waals surface area (Å²) in [5.41, 5.74) is 0.517. The second kappa shape index (κ2) is 9.53. The number of hydrogen-bond donors (Lipinski definition) is 3. The summed E-state index contributed by atoms with van der Waals surface area (Å²) in [4.78, 5) is 18.6. The van der Waals surface area contributed by atoms with Gasteiger partial charge in [0.15, 0.2) is 0 Å². The molecule has 1 aromatic rings. The fourth-order valence-electron chi connectivity index (χ4n) is 2.33. The molecule has 0 aromatic heterocycles. The van der Waals surface area contributed by atoms with Gasteiger partial charge in [0.2, 0.25) is 0 Å².